The van der Waals surface area contributed by atoms with Crippen molar-refractivity contribution in [1.82, 2.24) is 0 Å². The molecule has 0 saturated heterocycles. The van der Waals surface area contributed by atoms with Crippen LogP contribution in [-0.4, -0.2) is 6.54 Å². The zero-order valence-corrected chi connectivity index (χ0v) is 11.2. The van der Waals surface area contributed by atoms with E-state index in [2.05, 4.69) is 56.3 Å². The van der Waals surface area contributed by atoms with Crippen LogP contribution in [0.15, 0.2) is 42.5 Å². The van der Waals surface area contributed by atoms with Crippen molar-refractivity contribution in [1.29, 1.82) is 0 Å². The van der Waals surface area contributed by atoms with Crippen molar-refractivity contribution >= 4 is 10.8 Å². The summed E-state index contributed by atoms with van der Waals surface area (Å²) in [7, 11) is 0. The smallest absolute Gasteiger partial charge is 0.0306 e. The molecule has 96 valence electrons. The zero-order chi connectivity index (χ0) is 13.2. The fraction of sp³-hybridized carbons (Fsp3) is 0.375. The van der Waals surface area contributed by atoms with Crippen LogP contribution in [0.2, 0.25) is 0 Å². The van der Waals surface area contributed by atoms with E-state index >= 15 is 0 Å². The Balaban J connectivity index is 2.36. The van der Waals surface area contributed by atoms with Gasteiger partial charge in [0.2, 0.25) is 0 Å². The van der Waals surface area contributed by atoms with E-state index < -0.39 is 0 Å². The van der Waals surface area contributed by atoms with Crippen molar-refractivity contribution in [3.63, 3.8) is 0 Å². The molecule has 2 nitrogen and oxygen atoms in total. The minimum Gasteiger partial charge on any atom is -0.330 e. The van der Waals surface area contributed by atoms with Crippen LogP contribution in [0, 0.1) is 5.41 Å². The van der Waals surface area contributed by atoms with Gasteiger partial charge in [-0.2, -0.15) is 0 Å². The van der Waals surface area contributed by atoms with E-state index in [1.165, 1.54) is 16.3 Å². The summed E-state index contributed by atoms with van der Waals surface area (Å²) in [6.07, 6.45) is 0.900. The number of rotatable bonds is 4. The second kappa shape index (κ2) is 5.09. The van der Waals surface area contributed by atoms with Crippen LogP contribution >= 0.6 is 0 Å². The van der Waals surface area contributed by atoms with Crippen LogP contribution in [0.1, 0.15) is 31.9 Å². The lowest BCUT2D eigenvalue weighted by atomic mass is 9.83. The Hall–Kier alpha value is -1.38. The van der Waals surface area contributed by atoms with Gasteiger partial charge in [0.25, 0.3) is 0 Å². The van der Waals surface area contributed by atoms with Gasteiger partial charge in [-0.1, -0.05) is 56.3 Å². The van der Waals surface area contributed by atoms with Gasteiger partial charge in [0.05, 0.1) is 0 Å². The Bertz CT molecular complexity index is 526. The predicted octanol–water partition coefficient (Wildman–Crippen LogP) is 3.21. The lowest BCUT2D eigenvalue weighted by Gasteiger charge is -2.27. The maximum atomic E-state index is 6.37. The van der Waals surface area contributed by atoms with Gasteiger partial charge in [-0.05, 0) is 34.7 Å². The molecule has 0 aromatic heterocycles. The van der Waals surface area contributed by atoms with Crippen LogP contribution in [0.4, 0.5) is 0 Å². The number of hydrogen-bond acceptors (Lipinski definition) is 2. The third kappa shape index (κ3) is 2.71. The molecular formula is C16H22N2. The van der Waals surface area contributed by atoms with Gasteiger partial charge in [0.1, 0.15) is 0 Å². The summed E-state index contributed by atoms with van der Waals surface area (Å²) in [6.45, 7) is 4.99. The second-order valence-electron chi connectivity index (χ2n) is 5.75. The third-order valence-corrected chi connectivity index (χ3v) is 3.55. The molecule has 0 heterocycles. The summed E-state index contributed by atoms with van der Waals surface area (Å²) in [4.78, 5) is 0. The summed E-state index contributed by atoms with van der Waals surface area (Å²) >= 11 is 0. The van der Waals surface area contributed by atoms with Gasteiger partial charge in [-0.15, -0.1) is 0 Å². The summed E-state index contributed by atoms with van der Waals surface area (Å²) in [5.74, 6) is 0. The molecule has 1 unspecified atom stereocenters. The summed E-state index contributed by atoms with van der Waals surface area (Å²) in [6, 6.07) is 14.7. The van der Waals surface area contributed by atoms with Crippen LogP contribution in [-0.2, 0) is 0 Å². The van der Waals surface area contributed by atoms with E-state index in [1.807, 2.05) is 0 Å². The van der Waals surface area contributed by atoms with E-state index in [-0.39, 0.29) is 11.5 Å². The zero-order valence-electron chi connectivity index (χ0n) is 11.2. The Morgan fingerprint density at radius 1 is 1.06 bits per heavy atom. The molecule has 0 aliphatic rings. The van der Waals surface area contributed by atoms with Crippen molar-refractivity contribution in [3.05, 3.63) is 48.0 Å². The van der Waals surface area contributed by atoms with Gasteiger partial charge in [-0.3, -0.25) is 0 Å². The van der Waals surface area contributed by atoms with E-state index in [0.717, 1.165) is 6.42 Å². The van der Waals surface area contributed by atoms with Crippen LogP contribution in [0.3, 0.4) is 0 Å². The van der Waals surface area contributed by atoms with Crippen molar-refractivity contribution in [3.8, 4) is 0 Å². The lowest BCUT2D eigenvalue weighted by molar-refractivity contribution is 0.318. The monoisotopic (exact) mass is 242 g/mol. The molecule has 2 aromatic carbocycles. The highest BCUT2D eigenvalue weighted by molar-refractivity contribution is 5.86. The van der Waals surface area contributed by atoms with Crippen molar-refractivity contribution in [2.75, 3.05) is 6.54 Å². The SMILES string of the molecule is CC(C)(CN)CC(N)c1cccc2ccccc12. The molecule has 0 aliphatic heterocycles. The molecule has 2 aromatic rings. The molecular weight excluding hydrogens is 220 g/mol. The van der Waals surface area contributed by atoms with Crippen molar-refractivity contribution < 1.29 is 0 Å². The molecule has 0 aliphatic carbocycles. The van der Waals surface area contributed by atoms with Gasteiger partial charge < -0.3 is 11.5 Å². The first kappa shape index (κ1) is 13.1. The minimum absolute atomic E-state index is 0.0367. The topological polar surface area (TPSA) is 52.0 Å². The Morgan fingerprint density at radius 3 is 2.44 bits per heavy atom. The lowest BCUT2D eigenvalue weighted by Crippen LogP contribution is -2.28. The average molecular weight is 242 g/mol. The average Bonchev–Trinajstić information content (AvgIpc) is 2.37. The first-order valence-corrected chi connectivity index (χ1v) is 6.47. The molecule has 18 heavy (non-hydrogen) atoms. The number of hydrogen-bond donors (Lipinski definition) is 2. The molecule has 0 spiro atoms. The van der Waals surface area contributed by atoms with Crippen molar-refractivity contribution in [2.24, 2.45) is 16.9 Å². The Kier molecular flexibility index (Phi) is 3.69. The van der Waals surface area contributed by atoms with Gasteiger partial charge in [0, 0.05) is 6.04 Å². The van der Waals surface area contributed by atoms with E-state index in [4.69, 9.17) is 11.5 Å². The fourth-order valence-corrected chi connectivity index (χ4v) is 2.36. The molecule has 4 N–H and O–H groups in total. The maximum absolute atomic E-state index is 6.37. The van der Waals surface area contributed by atoms with Crippen LogP contribution in [0.5, 0.6) is 0 Å². The molecule has 0 radical (unpaired) electrons. The van der Waals surface area contributed by atoms with E-state index in [9.17, 15) is 0 Å². The highest BCUT2D eigenvalue weighted by Gasteiger charge is 2.21. The molecule has 0 saturated carbocycles. The molecule has 0 fully saturated rings. The molecule has 2 rings (SSSR count). The highest BCUT2D eigenvalue weighted by atomic mass is 14.7. The first-order chi connectivity index (χ1) is 8.53. The Morgan fingerprint density at radius 2 is 1.72 bits per heavy atom. The van der Waals surface area contributed by atoms with E-state index in [0.29, 0.717) is 6.54 Å². The number of benzene rings is 2. The standard InChI is InChI=1S/C16H22N2/c1-16(2,11-17)10-15(18)14-9-5-7-12-6-3-4-8-13(12)14/h3-9,15H,10-11,17-18H2,1-2H3. The van der Waals surface area contributed by atoms with Gasteiger partial charge >= 0.3 is 0 Å². The largest absolute Gasteiger partial charge is 0.330 e. The van der Waals surface area contributed by atoms with Gasteiger partial charge in [-0.25, -0.2) is 0 Å². The summed E-state index contributed by atoms with van der Waals surface area (Å²) in [5.41, 5.74) is 13.5. The van der Waals surface area contributed by atoms with Gasteiger partial charge in [0.15, 0.2) is 0 Å². The summed E-state index contributed by atoms with van der Waals surface area (Å²) in [5, 5.41) is 2.50. The highest BCUT2D eigenvalue weighted by Crippen LogP contribution is 2.31. The maximum Gasteiger partial charge on any atom is 0.0306 e. The van der Waals surface area contributed by atoms with E-state index in [1.54, 1.807) is 0 Å². The van der Waals surface area contributed by atoms with Crippen LogP contribution in [0.25, 0.3) is 10.8 Å². The normalized spacial score (nSPS) is 13.8. The van der Waals surface area contributed by atoms with Crippen LogP contribution < -0.4 is 11.5 Å². The summed E-state index contributed by atoms with van der Waals surface area (Å²) < 4.78 is 0. The quantitative estimate of drug-likeness (QED) is 0.865. The number of fused-ring (bicyclic) bond motifs is 1. The second-order valence-corrected chi connectivity index (χ2v) is 5.75. The fourth-order valence-electron chi connectivity index (χ4n) is 2.36. The Labute approximate surface area is 109 Å². The predicted molar refractivity (Wildman–Crippen MR) is 78.3 cm³/mol. The van der Waals surface area contributed by atoms with Crippen molar-refractivity contribution in [2.45, 2.75) is 26.3 Å². The molecule has 1 atom stereocenters. The third-order valence-electron chi connectivity index (χ3n) is 3.55. The first-order valence-electron chi connectivity index (χ1n) is 6.47. The number of nitrogens with two attached hydrogens (primary N) is 2. The molecule has 0 bridgehead atoms. The molecule has 0 amide bonds. The minimum atomic E-state index is 0.0367. The molecule has 2 heteroatoms.